The summed E-state index contributed by atoms with van der Waals surface area (Å²) >= 11 is 0. The summed E-state index contributed by atoms with van der Waals surface area (Å²) in [5.41, 5.74) is 2.03. The highest BCUT2D eigenvalue weighted by atomic mass is 16.5. The van der Waals surface area contributed by atoms with E-state index < -0.39 is 12.0 Å². The normalized spacial score (nSPS) is 18.6. The summed E-state index contributed by atoms with van der Waals surface area (Å²) in [6, 6.07) is 17.1. The Hall–Kier alpha value is -3.69. The number of benzene rings is 2. The van der Waals surface area contributed by atoms with E-state index in [-0.39, 0.29) is 50.6 Å². The molecule has 3 rings (SSSR count). The Kier molecular flexibility index (Phi) is 14.5. The van der Waals surface area contributed by atoms with Gasteiger partial charge in [0.05, 0.1) is 31.8 Å². The molecular weight excluding hydrogens is 524 g/mol. The molecule has 9 nitrogen and oxygen atoms in total. The third-order valence-corrected chi connectivity index (χ3v) is 6.64. The number of hydrogen-bond acceptors (Lipinski definition) is 7. The first-order valence-corrected chi connectivity index (χ1v) is 14.4. The van der Waals surface area contributed by atoms with Crippen molar-refractivity contribution < 1.29 is 33.7 Å². The van der Waals surface area contributed by atoms with Crippen molar-refractivity contribution in [2.45, 2.75) is 57.6 Å². The molecule has 0 aliphatic carbocycles. The van der Waals surface area contributed by atoms with Gasteiger partial charge in [-0.25, -0.2) is 0 Å². The lowest BCUT2D eigenvalue weighted by atomic mass is 9.97. The largest absolute Gasteiger partial charge is 0.489 e. The summed E-state index contributed by atoms with van der Waals surface area (Å²) in [6.07, 6.45) is 7.56. The van der Waals surface area contributed by atoms with Crippen LogP contribution in [0.1, 0.15) is 49.7 Å². The quantitative estimate of drug-likeness (QED) is 0.204. The highest BCUT2D eigenvalue weighted by Crippen LogP contribution is 2.17. The van der Waals surface area contributed by atoms with E-state index in [1.54, 1.807) is 0 Å². The fourth-order valence-corrected chi connectivity index (χ4v) is 4.40. The van der Waals surface area contributed by atoms with Crippen LogP contribution in [0.4, 0.5) is 0 Å². The number of ether oxygens (including phenoxy) is 3. The number of aliphatic hydroxyl groups excluding tert-OH is 1. The molecule has 2 atom stereocenters. The fraction of sp³-hybridized carbons (Fsp3) is 0.469. The van der Waals surface area contributed by atoms with Gasteiger partial charge < -0.3 is 30.0 Å². The third-order valence-electron chi connectivity index (χ3n) is 6.64. The third kappa shape index (κ3) is 13.0. The number of esters is 1. The second-order valence-electron chi connectivity index (χ2n) is 10.1. The van der Waals surface area contributed by atoms with Crippen molar-refractivity contribution in [3.8, 4) is 5.75 Å². The Labute approximate surface area is 242 Å². The van der Waals surface area contributed by atoms with E-state index in [4.69, 9.17) is 19.3 Å². The number of nitrogens with one attached hydrogen (secondary N) is 2. The van der Waals surface area contributed by atoms with Gasteiger partial charge in [0.15, 0.2) is 0 Å². The summed E-state index contributed by atoms with van der Waals surface area (Å²) in [5, 5.41) is 14.6. The van der Waals surface area contributed by atoms with Gasteiger partial charge in [0.1, 0.15) is 19.0 Å². The number of carbonyl (C=O) groups excluding carboxylic acids is 3. The van der Waals surface area contributed by atoms with Gasteiger partial charge in [0.25, 0.3) is 0 Å². The molecule has 222 valence electrons. The topological polar surface area (TPSA) is 123 Å². The summed E-state index contributed by atoms with van der Waals surface area (Å²) in [5.74, 6) is -0.629. The highest BCUT2D eigenvalue weighted by Gasteiger charge is 2.24. The first-order chi connectivity index (χ1) is 20.0. The minimum atomic E-state index is -0.570. The van der Waals surface area contributed by atoms with Crippen LogP contribution < -0.4 is 15.4 Å². The Morgan fingerprint density at radius 2 is 1.80 bits per heavy atom. The van der Waals surface area contributed by atoms with Crippen LogP contribution in [0.15, 0.2) is 66.7 Å². The van der Waals surface area contributed by atoms with E-state index >= 15 is 0 Å². The molecule has 2 aromatic rings. The lowest BCUT2D eigenvalue weighted by molar-refractivity contribution is -0.145. The number of amides is 2. The molecule has 0 spiro atoms. The molecule has 9 heteroatoms. The minimum Gasteiger partial charge on any atom is -0.489 e. The van der Waals surface area contributed by atoms with Crippen LogP contribution in [0.2, 0.25) is 0 Å². The maximum atomic E-state index is 13.4. The average Bonchev–Trinajstić information content (AvgIpc) is 2.98. The monoisotopic (exact) mass is 566 g/mol. The van der Waals surface area contributed by atoms with E-state index in [9.17, 15) is 14.4 Å². The van der Waals surface area contributed by atoms with Crippen molar-refractivity contribution in [1.82, 2.24) is 10.6 Å². The average molecular weight is 567 g/mol. The smallest absolute Gasteiger partial charge is 0.305 e. The van der Waals surface area contributed by atoms with Crippen molar-refractivity contribution in [2.24, 2.45) is 5.92 Å². The van der Waals surface area contributed by atoms with Crippen molar-refractivity contribution >= 4 is 17.8 Å². The van der Waals surface area contributed by atoms with E-state index in [1.165, 1.54) is 0 Å². The first kappa shape index (κ1) is 31.8. The summed E-state index contributed by atoms with van der Waals surface area (Å²) in [6.45, 7) is 1.23. The number of allylic oxidation sites excluding steroid dienone is 2. The molecule has 0 saturated carbocycles. The number of hydrogen-bond donors (Lipinski definition) is 3. The van der Waals surface area contributed by atoms with Gasteiger partial charge >= 0.3 is 5.97 Å². The van der Waals surface area contributed by atoms with Gasteiger partial charge in [0, 0.05) is 19.4 Å². The Morgan fingerprint density at radius 3 is 2.59 bits per heavy atom. The van der Waals surface area contributed by atoms with E-state index in [2.05, 4.69) is 10.6 Å². The van der Waals surface area contributed by atoms with Gasteiger partial charge in [-0.15, -0.1) is 0 Å². The van der Waals surface area contributed by atoms with Gasteiger partial charge in [0.2, 0.25) is 11.8 Å². The van der Waals surface area contributed by atoms with Crippen LogP contribution in [-0.4, -0.2) is 61.9 Å². The molecule has 0 bridgehead atoms. The maximum Gasteiger partial charge on any atom is 0.305 e. The zero-order valence-corrected chi connectivity index (χ0v) is 23.6. The fourth-order valence-electron chi connectivity index (χ4n) is 4.40. The zero-order chi connectivity index (χ0) is 29.1. The van der Waals surface area contributed by atoms with Crippen molar-refractivity contribution in [1.29, 1.82) is 0 Å². The molecule has 41 heavy (non-hydrogen) atoms. The summed E-state index contributed by atoms with van der Waals surface area (Å²) < 4.78 is 16.6. The molecule has 1 heterocycles. The summed E-state index contributed by atoms with van der Waals surface area (Å²) in [4.78, 5) is 38.2. The molecule has 2 unspecified atom stereocenters. The van der Waals surface area contributed by atoms with Crippen molar-refractivity contribution in [2.75, 3.05) is 33.0 Å². The lowest BCUT2D eigenvalue weighted by Gasteiger charge is -2.23. The number of aliphatic hydroxyl groups is 1. The first-order valence-electron chi connectivity index (χ1n) is 14.4. The van der Waals surface area contributed by atoms with E-state index in [0.717, 1.165) is 36.1 Å². The molecule has 1 aliphatic heterocycles. The number of rotatable bonds is 12. The minimum absolute atomic E-state index is 0.0239. The molecule has 1 aliphatic rings. The van der Waals surface area contributed by atoms with Crippen LogP contribution in [-0.2, 0) is 36.9 Å². The SMILES string of the molecule is O=C(CC1CC=CCCCCC(=O)OCC(Cc2ccc(OCc3ccccc3)cc2)NC1=O)NCCOCCO. The standard InChI is InChI=1S/C32H42N2O7/c35-18-20-39-19-17-33-30(36)22-27-11-7-2-1-3-8-12-31(37)41-24-28(34-32(27)38)21-25-13-15-29(16-14-25)40-23-26-9-5-4-6-10-26/h2,4-7,9-10,13-16,27-28,35H,1,3,8,11-12,17-24H2,(H,33,36)(H,34,38). The Bertz CT molecular complexity index is 1090. The van der Waals surface area contributed by atoms with Crippen LogP contribution in [0, 0.1) is 5.92 Å². The highest BCUT2D eigenvalue weighted by molar-refractivity contribution is 5.86. The molecule has 2 aromatic carbocycles. The van der Waals surface area contributed by atoms with Crippen molar-refractivity contribution in [3.63, 3.8) is 0 Å². The molecule has 0 fully saturated rings. The van der Waals surface area contributed by atoms with Crippen LogP contribution in [0.3, 0.4) is 0 Å². The maximum absolute atomic E-state index is 13.4. The van der Waals surface area contributed by atoms with Crippen LogP contribution in [0.25, 0.3) is 0 Å². The second kappa shape index (κ2) is 18.6. The molecule has 3 N–H and O–H groups in total. The van der Waals surface area contributed by atoms with E-state index in [0.29, 0.717) is 32.4 Å². The second-order valence-corrected chi connectivity index (χ2v) is 10.1. The predicted molar refractivity (Wildman–Crippen MR) is 155 cm³/mol. The predicted octanol–water partition coefficient (Wildman–Crippen LogP) is 3.49. The molecular formula is C32H42N2O7. The zero-order valence-electron chi connectivity index (χ0n) is 23.6. The molecule has 0 saturated heterocycles. The lowest BCUT2D eigenvalue weighted by Crippen LogP contribution is -2.44. The van der Waals surface area contributed by atoms with Crippen LogP contribution in [0.5, 0.6) is 5.75 Å². The van der Waals surface area contributed by atoms with Gasteiger partial charge in [-0.2, -0.15) is 0 Å². The Balaban J connectivity index is 1.62. The molecule has 0 radical (unpaired) electrons. The summed E-state index contributed by atoms with van der Waals surface area (Å²) in [7, 11) is 0. The number of cyclic esters (lactones) is 1. The van der Waals surface area contributed by atoms with Gasteiger partial charge in [-0.1, -0.05) is 54.6 Å². The van der Waals surface area contributed by atoms with Gasteiger partial charge in [-0.05, 0) is 55.4 Å². The van der Waals surface area contributed by atoms with Crippen molar-refractivity contribution in [3.05, 3.63) is 77.9 Å². The Morgan fingerprint density at radius 1 is 1.00 bits per heavy atom. The number of carbonyl (C=O) groups is 3. The van der Waals surface area contributed by atoms with Gasteiger partial charge in [-0.3, -0.25) is 14.4 Å². The van der Waals surface area contributed by atoms with Crippen LogP contribution >= 0.6 is 0 Å². The van der Waals surface area contributed by atoms with E-state index in [1.807, 2.05) is 66.7 Å². The molecule has 2 amide bonds. The molecule has 0 aromatic heterocycles.